The summed E-state index contributed by atoms with van der Waals surface area (Å²) in [6.07, 6.45) is 3.56. The molecule has 0 bridgehead atoms. The maximum absolute atomic E-state index is 12.3. The molecule has 0 aromatic heterocycles. The number of aryl methyl sites for hydroxylation is 2. The first kappa shape index (κ1) is 21.1. The normalized spacial score (nSPS) is 12.6. The predicted molar refractivity (Wildman–Crippen MR) is 126 cm³/mol. The topological polar surface area (TPSA) is 41.6 Å². The van der Waals surface area contributed by atoms with E-state index in [-0.39, 0.29) is 5.78 Å². The minimum atomic E-state index is 0.204. The molecule has 0 atom stereocenters. The van der Waals surface area contributed by atoms with Crippen molar-refractivity contribution in [2.45, 2.75) is 25.7 Å². The van der Waals surface area contributed by atoms with Gasteiger partial charge in [-0.2, -0.15) is 0 Å². The van der Waals surface area contributed by atoms with E-state index < -0.39 is 0 Å². The molecule has 0 radical (unpaired) electrons. The Labute approximate surface area is 184 Å². The number of anilines is 2. The third-order valence-corrected chi connectivity index (χ3v) is 5.85. The van der Waals surface area contributed by atoms with Gasteiger partial charge in [-0.05, 0) is 66.8 Å². The quantitative estimate of drug-likeness (QED) is 0.514. The van der Waals surface area contributed by atoms with E-state index in [1.54, 1.807) is 7.11 Å². The summed E-state index contributed by atoms with van der Waals surface area (Å²) in [7, 11) is 1.65. The summed E-state index contributed by atoms with van der Waals surface area (Å²) >= 11 is 0. The van der Waals surface area contributed by atoms with Gasteiger partial charge in [0.05, 0.1) is 13.7 Å². The SMILES string of the molecule is COc1ccc(CC(=O)CNCCCN2c3ccccc3CCc3ccccc32)cc1. The fraction of sp³-hybridized carbons (Fsp3) is 0.296. The Bertz CT molecular complexity index is 966. The second kappa shape index (κ2) is 10.3. The first-order valence-corrected chi connectivity index (χ1v) is 11.0. The van der Waals surface area contributed by atoms with Gasteiger partial charge in [-0.15, -0.1) is 0 Å². The molecule has 0 saturated heterocycles. The zero-order valence-corrected chi connectivity index (χ0v) is 18.1. The second-order valence-corrected chi connectivity index (χ2v) is 8.00. The highest BCUT2D eigenvalue weighted by Gasteiger charge is 2.19. The number of para-hydroxylation sites is 2. The summed E-state index contributed by atoms with van der Waals surface area (Å²) < 4.78 is 5.17. The van der Waals surface area contributed by atoms with E-state index in [4.69, 9.17) is 4.74 Å². The van der Waals surface area contributed by atoms with Gasteiger partial charge in [0, 0.05) is 24.3 Å². The maximum atomic E-state index is 12.3. The van der Waals surface area contributed by atoms with Crippen molar-refractivity contribution in [3.8, 4) is 5.75 Å². The molecule has 3 aromatic rings. The molecule has 1 heterocycles. The molecule has 4 rings (SSSR count). The number of rotatable bonds is 9. The molecule has 0 fully saturated rings. The Hall–Kier alpha value is -3.11. The van der Waals surface area contributed by atoms with Crippen LogP contribution >= 0.6 is 0 Å². The molecular weight excluding hydrogens is 384 g/mol. The fourth-order valence-electron chi connectivity index (χ4n) is 4.23. The number of ether oxygens (including phenoxy) is 1. The lowest BCUT2D eigenvalue weighted by Crippen LogP contribution is -2.28. The van der Waals surface area contributed by atoms with Crippen LogP contribution in [0.1, 0.15) is 23.1 Å². The standard InChI is InChI=1S/C27H30N2O2/c1-31-25-15-11-21(12-16-25)19-24(30)20-28-17-6-18-29-26-9-4-2-7-22(26)13-14-23-8-3-5-10-27(23)29/h2-5,7-12,15-16,28H,6,13-14,17-20H2,1H3. The Morgan fingerprint density at radius 2 is 1.52 bits per heavy atom. The first-order valence-electron chi connectivity index (χ1n) is 11.0. The van der Waals surface area contributed by atoms with Crippen molar-refractivity contribution in [1.82, 2.24) is 5.32 Å². The van der Waals surface area contributed by atoms with Gasteiger partial charge in [0.1, 0.15) is 5.75 Å². The molecule has 0 saturated carbocycles. The van der Waals surface area contributed by atoms with Crippen LogP contribution in [0, 0.1) is 0 Å². The molecule has 160 valence electrons. The van der Waals surface area contributed by atoms with Gasteiger partial charge >= 0.3 is 0 Å². The highest BCUT2D eigenvalue weighted by Crippen LogP contribution is 2.35. The van der Waals surface area contributed by atoms with Crippen molar-refractivity contribution < 1.29 is 9.53 Å². The Morgan fingerprint density at radius 3 is 2.13 bits per heavy atom. The Kier molecular flexibility index (Phi) is 7.00. The Balaban J connectivity index is 1.30. The lowest BCUT2D eigenvalue weighted by molar-refractivity contribution is -0.117. The Morgan fingerprint density at radius 1 is 0.903 bits per heavy atom. The zero-order chi connectivity index (χ0) is 21.5. The van der Waals surface area contributed by atoms with Crippen molar-refractivity contribution in [3.05, 3.63) is 89.5 Å². The third-order valence-electron chi connectivity index (χ3n) is 5.85. The minimum absolute atomic E-state index is 0.204. The van der Waals surface area contributed by atoms with Gasteiger partial charge in [0.15, 0.2) is 5.78 Å². The highest BCUT2D eigenvalue weighted by atomic mass is 16.5. The molecule has 3 aromatic carbocycles. The van der Waals surface area contributed by atoms with E-state index in [9.17, 15) is 4.79 Å². The van der Waals surface area contributed by atoms with Gasteiger partial charge in [-0.1, -0.05) is 48.5 Å². The smallest absolute Gasteiger partial charge is 0.150 e. The van der Waals surface area contributed by atoms with E-state index in [0.29, 0.717) is 13.0 Å². The number of carbonyl (C=O) groups excluding carboxylic acids is 1. The van der Waals surface area contributed by atoms with Crippen LogP contribution in [0.4, 0.5) is 11.4 Å². The molecule has 0 spiro atoms. The van der Waals surface area contributed by atoms with Crippen molar-refractivity contribution in [2.24, 2.45) is 0 Å². The largest absolute Gasteiger partial charge is 0.497 e. The number of hydrogen-bond donors (Lipinski definition) is 1. The van der Waals surface area contributed by atoms with E-state index in [1.165, 1.54) is 22.5 Å². The van der Waals surface area contributed by atoms with Crippen LogP contribution in [0.2, 0.25) is 0 Å². The van der Waals surface area contributed by atoms with Gasteiger partial charge in [-0.25, -0.2) is 0 Å². The van der Waals surface area contributed by atoms with Gasteiger partial charge in [-0.3, -0.25) is 4.79 Å². The lowest BCUT2D eigenvalue weighted by Gasteiger charge is -2.27. The maximum Gasteiger partial charge on any atom is 0.150 e. The molecule has 1 aliphatic rings. The molecule has 0 aliphatic carbocycles. The van der Waals surface area contributed by atoms with Crippen LogP contribution in [0.25, 0.3) is 0 Å². The molecular formula is C27H30N2O2. The van der Waals surface area contributed by atoms with E-state index in [0.717, 1.165) is 43.7 Å². The van der Waals surface area contributed by atoms with Crippen molar-refractivity contribution in [1.29, 1.82) is 0 Å². The van der Waals surface area contributed by atoms with Crippen LogP contribution < -0.4 is 15.0 Å². The van der Waals surface area contributed by atoms with Crippen molar-refractivity contribution in [2.75, 3.05) is 31.6 Å². The number of carbonyl (C=O) groups is 1. The molecule has 4 nitrogen and oxygen atoms in total. The summed E-state index contributed by atoms with van der Waals surface area (Å²) in [6.45, 7) is 2.14. The molecule has 1 aliphatic heterocycles. The molecule has 31 heavy (non-hydrogen) atoms. The van der Waals surface area contributed by atoms with Crippen molar-refractivity contribution >= 4 is 17.2 Å². The number of fused-ring (bicyclic) bond motifs is 2. The van der Waals surface area contributed by atoms with Crippen LogP contribution in [0.3, 0.4) is 0 Å². The summed E-state index contributed by atoms with van der Waals surface area (Å²) in [5.74, 6) is 1.02. The monoisotopic (exact) mass is 414 g/mol. The minimum Gasteiger partial charge on any atom is -0.497 e. The zero-order valence-electron chi connectivity index (χ0n) is 18.1. The van der Waals surface area contributed by atoms with E-state index >= 15 is 0 Å². The molecule has 1 N–H and O–H groups in total. The lowest BCUT2D eigenvalue weighted by atomic mass is 10.0. The van der Waals surface area contributed by atoms with Crippen LogP contribution in [0.5, 0.6) is 5.75 Å². The predicted octanol–water partition coefficient (Wildman–Crippen LogP) is 4.72. The molecule has 4 heteroatoms. The summed E-state index contributed by atoms with van der Waals surface area (Å²) in [4.78, 5) is 14.7. The number of benzene rings is 3. The summed E-state index contributed by atoms with van der Waals surface area (Å²) in [5, 5.41) is 3.33. The molecule has 0 unspecified atom stereocenters. The van der Waals surface area contributed by atoms with Crippen molar-refractivity contribution in [3.63, 3.8) is 0 Å². The highest BCUT2D eigenvalue weighted by molar-refractivity contribution is 5.82. The number of Topliss-reactive ketones (excluding diaryl/α,β-unsaturated/α-hetero) is 1. The number of nitrogens with zero attached hydrogens (tertiary/aromatic N) is 1. The average molecular weight is 415 g/mol. The van der Waals surface area contributed by atoms with Gasteiger partial charge in [0.2, 0.25) is 0 Å². The second-order valence-electron chi connectivity index (χ2n) is 8.00. The van der Waals surface area contributed by atoms with Crippen LogP contribution in [-0.4, -0.2) is 32.5 Å². The van der Waals surface area contributed by atoms with E-state index in [1.807, 2.05) is 24.3 Å². The van der Waals surface area contributed by atoms with E-state index in [2.05, 4.69) is 58.7 Å². The number of ketones is 1. The number of nitrogens with one attached hydrogen (secondary N) is 1. The molecule has 0 amide bonds. The van der Waals surface area contributed by atoms with Crippen LogP contribution in [-0.2, 0) is 24.1 Å². The van der Waals surface area contributed by atoms with Crippen LogP contribution in [0.15, 0.2) is 72.8 Å². The van der Waals surface area contributed by atoms with Gasteiger partial charge in [0.25, 0.3) is 0 Å². The summed E-state index contributed by atoms with van der Waals surface area (Å²) in [6, 6.07) is 25.1. The summed E-state index contributed by atoms with van der Waals surface area (Å²) in [5.41, 5.74) is 6.44. The van der Waals surface area contributed by atoms with Gasteiger partial charge < -0.3 is 15.0 Å². The first-order chi connectivity index (χ1) is 15.2. The number of methoxy groups -OCH3 is 1. The number of hydrogen-bond acceptors (Lipinski definition) is 4. The third kappa shape index (κ3) is 5.33. The average Bonchev–Trinajstić information content (AvgIpc) is 2.96. The fourth-order valence-corrected chi connectivity index (χ4v) is 4.23.